The Kier molecular flexibility index (Phi) is 9.65. The number of aryl methyl sites for hydroxylation is 1. The molecule has 0 bridgehead atoms. The fourth-order valence-electron chi connectivity index (χ4n) is 2.52. The van der Waals surface area contributed by atoms with Gasteiger partial charge in [-0.05, 0) is 30.7 Å². The molecule has 3 N–H and O–H groups in total. The molecule has 3 rings (SSSR count). The number of carbonyl (C=O) groups excluding carboxylic acids is 1. The Hall–Kier alpha value is -2.94. The third kappa shape index (κ3) is 8.93. The van der Waals surface area contributed by atoms with Crippen LogP contribution in [0.15, 0.2) is 36.5 Å². The normalized spacial score (nSPS) is 11.3. The number of carboxylic acids is 1. The Bertz CT molecular complexity index is 1360. The number of pyridine rings is 1. The molecule has 9 nitrogen and oxygen atoms in total. The molecule has 0 aliphatic carbocycles. The number of carbonyl (C=O) groups is 2. The van der Waals surface area contributed by atoms with Crippen LogP contribution in [-0.4, -0.2) is 41.5 Å². The fraction of sp³-hybridized carbons (Fsp3) is 0.200. The molecule has 1 amide bonds. The van der Waals surface area contributed by atoms with Crippen molar-refractivity contribution >= 4 is 67.3 Å². The van der Waals surface area contributed by atoms with Gasteiger partial charge in [-0.15, -0.1) is 0 Å². The van der Waals surface area contributed by atoms with E-state index in [2.05, 4.69) is 20.0 Å². The van der Waals surface area contributed by atoms with E-state index in [1.54, 1.807) is 37.3 Å². The second kappa shape index (κ2) is 11.9. The van der Waals surface area contributed by atoms with Crippen LogP contribution in [0.2, 0.25) is 10.2 Å². The van der Waals surface area contributed by atoms with E-state index in [9.17, 15) is 26.4 Å². The number of hydrogen-bond donors (Lipinski definition) is 3. The summed E-state index contributed by atoms with van der Waals surface area (Å²) in [6.07, 6.45) is -3.56. The second-order valence-electron chi connectivity index (χ2n) is 6.97. The fourth-order valence-corrected chi connectivity index (χ4v) is 5.04. The van der Waals surface area contributed by atoms with Gasteiger partial charge >= 0.3 is 12.1 Å². The van der Waals surface area contributed by atoms with Crippen molar-refractivity contribution in [3.05, 3.63) is 58.0 Å². The average molecular weight is 585 g/mol. The molecule has 3 aromatic rings. The van der Waals surface area contributed by atoms with Crippen LogP contribution in [0.5, 0.6) is 0 Å². The predicted octanol–water partition coefficient (Wildman–Crippen LogP) is 5.35. The Balaban J connectivity index is 0.000000572. The van der Waals surface area contributed by atoms with Crippen LogP contribution < -0.4 is 10.0 Å². The number of aromatic nitrogens is 2. The number of halogens is 5. The van der Waals surface area contributed by atoms with Crippen molar-refractivity contribution in [2.75, 3.05) is 10.0 Å². The number of nitrogens with one attached hydrogen (secondary N) is 2. The van der Waals surface area contributed by atoms with E-state index in [1.165, 1.54) is 24.5 Å². The minimum absolute atomic E-state index is 0.0256. The van der Waals surface area contributed by atoms with Crippen LogP contribution in [-0.2, 0) is 25.4 Å². The summed E-state index contributed by atoms with van der Waals surface area (Å²) in [5.41, 5.74) is 2.05. The molecule has 16 heteroatoms. The zero-order valence-electron chi connectivity index (χ0n) is 18.4. The number of thiazole rings is 1. The van der Waals surface area contributed by atoms with E-state index in [1.807, 2.05) is 0 Å². The molecule has 2 heterocycles. The first-order valence-electron chi connectivity index (χ1n) is 9.53. The molecule has 194 valence electrons. The van der Waals surface area contributed by atoms with Crippen molar-refractivity contribution in [3.63, 3.8) is 0 Å². The van der Waals surface area contributed by atoms with E-state index < -0.39 is 22.2 Å². The number of anilines is 2. The van der Waals surface area contributed by atoms with Gasteiger partial charge in [0.05, 0.1) is 22.0 Å². The van der Waals surface area contributed by atoms with Crippen LogP contribution >= 0.6 is 34.5 Å². The van der Waals surface area contributed by atoms with Crippen molar-refractivity contribution < 1.29 is 36.3 Å². The maximum Gasteiger partial charge on any atom is 0.490 e. The van der Waals surface area contributed by atoms with Crippen LogP contribution in [0.3, 0.4) is 0 Å². The SMILES string of the molecule is CC(=O)Nc1nc(C)c(-c2cnc(Cl)c(NS(=O)(=O)Cc3ccc(Cl)cc3)c2)s1.O=C(O)C(F)(F)F. The zero-order chi connectivity index (χ0) is 27.3. The quantitative estimate of drug-likeness (QED) is 0.332. The molecule has 0 spiro atoms. The highest BCUT2D eigenvalue weighted by Crippen LogP contribution is 2.35. The number of aliphatic carboxylic acids is 1. The third-order valence-electron chi connectivity index (χ3n) is 3.96. The molecule has 0 aliphatic rings. The third-order valence-corrected chi connectivity index (χ3v) is 6.88. The number of amides is 1. The van der Waals surface area contributed by atoms with Gasteiger partial charge in [0.2, 0.25) is 15.9 Å². The molecule has 0 radical (unpaired) electrons. The smallest absolute Gasteiger partial charge is 0.475 e. The largest absolute Gasteiger partial charge is 0.490 e. The molecular weight excluding hydrogens is 568 g/mol. The number of benzene rings is 1. The van der Waals surface area contributed by atoms with Crippen LogP contribution in [0.4, 0.5) is 24.0 Å². The predicted molar refractivity (Wildman–Crippen MR) is 131 cm³/mol. The molecule has 0 saturated carbocycles. The lowest BCUT2D eigenvalue weighted by Gasteiger charge is -2.11. The molecule has 0 aliphatic heterocycles. The summed E-state index contributed by atoms with van der Waals surface area (Å²) in [4.78, 5) is 29.3. The first-order chi connectivity index (χ1) is 16.6. The van der Waals surface area contributed by atoms with Crippen molar-refractivity contribution in [1.82, 2.24) is 9.97 Å². The lowest BCUT2D eigenvalue weighted by atomic mass is 10.2. The van der Waals surface area contributed by atoms with Crippen molar-refractivity contribution in [3.8, 4) is 10.4 Å². The van der Waals surface area contributed by atoms with Gasteiger partial charge in [0, 0.05) is 23.7 Å². The second-order valence-corrected chi connectivity index (χ2v) is 10.5. The Morgan fingerprint density at radius 3 is 2.28 bits per heavy atom. The highest BCUT2D eigenvalue weighted by Gasteiger charge is 2.38. The minimum atomic E-state index is -5.08. The maximum atomic E-state index is 12.6. The van der Waals surface area contributed by atoms with Gasteiger partial charge in [0.15, 0.2) is 10.3 Å². The number of hydrogen-bond acceptors (Lipinski definition) is 7. The lowest BCUT2D eigenvalue weighted by Crippen LogP contribution is -2.21. The van der Waals surface area contributed by atoms with E-state index >= 15 is 0 Å². The number of rotatable bonds is 6. The molecule has 2 aromatic heterocycles. The Labute approximate surface area is 217 Å². The van der Waals surface area contributed by atoms with Crippen molar-refractivity contribution in [2.24, 2.45) is 0 Å². The van der Waals surface area contributed by atoms with E-state index in [4.69, 9.17) is 33.1 Å². The first kappa shape index (κ1) is 29.3. The van der Waals surface area contributed by atoms with Gasteiger partial charge in [-0.1, -0.05) is 46.7 Å². The maximum absolute atomic E-state index is 12.6. The summed E-state index contributed by atoms with van der Waals surface area (Å²) in [5, 5.41) is 10.8. The summed E-state index contributed by atoms with van der Waals surface area (Å²) < 4.78 is 59.3. The molecule has 0 atom stereocenters. The monoisotopic (exact) mass is 584 g/mol. The van der Waals surface area contributed by atoms with Crippen molar-refractivity contribution in [2.45, 2.75) is 25.8 Å². The number of nitrogens with zero attached hydrogens (tertiary/aromatic N) is 2. The minimum Gasteiger partial charge on any atom is -0.475 e. The number of sulfonamides is 1. The number of alkyl halides is 3. The van der Waals surface area contributed by atoms with Gasteiger partial charge in [-0.3, -0.25) is 9.52 Å². The summed E-state index contributed by atoms with van der Waals surface area (Å²) in [6, 6.07) is 8.12. The number of carboxylic acid groups (broad SMARTS) is 1. The van der Waals surface area contributed by atoms with Gasteiger partial charge in [-0.2, -0.15) is 13.2 Å². The van der Waals surface area contributed by atoms with E-state index in [0.717, 1.165) is 4.88 Å². The topological polar surface area (TPSA) is 138 Å². The van der Waals surface area contributed by atoms with E-state index in [-0.39, 0.29) is 22.5 Å². The summed E-state index contributed by atoms with van der Waals surface area (Å²) in [5.74, 6) is -3.22. The van der Waals surface area contributed by atoms with Gasteiger partial charge in [0.1, 0.15) is 0 Å². The molecule has 36 heavy (non-hydrogen) atoms. The summed E-state index contributed by atoms with van der Waals surface area (Å²) in [7, 11) is -3.73. The highest BCUT2D eigenvalue weighted by atomic mass is 35.5. The highest BCUT2D eigenvalue weighted by molar-refractivity contribution is 7.91. The Morgan fingerprint density at radius 2 is 1.75 bits per heavy atom. The molecule has 1 aromatic carbocycles. The lowest BCUT2D eigenvalue weighted by molar-refractivity contribution is -0.192. The van der Waals surface area contributed by atoms with Crippen LogP contribution in [0.1, 0.15) is 18.2 Å². The zero-order valence-corrected chi connectivity index (χ0v) is 21.5. The van der Waals surface area contributed by atoms with E-state index in [0.29, 0.717) is 27.0 Å². The summed E-state index contributed by atoms with van der Waals surface area (Å²) >= 11 is 13.2. The molecular formula is C20H17Cl2F3N4O5S2. The molecule has 0 unspecified atom stereocenters. The van der Waals surface area contributed by atoms with Gasteiger partial charge < -0.3 is 10.4 Å². The Morgan fingerprint density at radius 1 is 1.17 bits per heavy atom. The molecule has 0 saturated heterocycles. The standard InChI is InChI=1S/C18H16Cl2N4O3S2.C2HF3O2/c1-10-16(28-18(22-10)23-11(2)25)13-7-15(17(20)21-8-13)24-29(26,27)9-12-3-5-14(19)6-4-12;3-2(4,5)1(6)7/h3-8,24H,9H2,1-2H3,(H,22,23,25);(H,6,7). The van der Waals surface area contributed by atoms with Crippen LogP contribution in [0.25, 0.3) is 10.4 Å². The summed E-state index contributed by atoms with van der Waals surface area (Å²) in [6.45, 7) is 3.18. The van der Waals surface area contributed by atoms with Gasteiger partial charge in [0.25, 0.3) is 0 Å². The molecule has 0 fully saturated rings. The van der Waals surface area contributed by atoms with Crippen LogP contribution in [0, 0.1) is 6.92 Å². The first-order valence-corrected chi connectivity index (χ1v) is 12.8. The van der Waals surface area contributed by atoms with Crippen molar-refractivity contribution in [1.29, 1.82) is 0 Å². The van der Waals surface area contributed by atoms with Gasteiger partial charge in [-0.25, -0.2) is 23.2 Å². The average Bonchev–Trinajstić information content (AvgIpc) is 3.10.